The third kappa shape index (κ3) is 2.84. The van der Waals surface area contributed by atoms with E-state index in [0.717, 1.165) is 16.5 Å². The number of rotatable bonds is 1. The van der Waals surface area contributed by atoms with Crippen molar-refractivity contribution in [1.82, 2.24) is 4.90 Å². The molecule has 4 aliphatic rings. The minimum atomic E-state index is -1.11. The predicted molar refractivity (Wildman–Crippen MR) is 128 cm³/mol. The zero-order valence-corrected chi connectivity index (χ0v) is 19.4. The molecule has 4 unspecified atom stereocenters. The molecule has 0 radical (unpaired) electrons. The number of likely N-dealkylation sites (tertiary alicyclic amines) is 1. The van der Waals surface area contributed by atoms with E-state index in [1.165, 1.54) is 6.08 Å². The summed E-state index contributed by atoms with van der Waals surface area (Å²) in [6, 6.07) is 9.43. The van der Waals surface area contributed by atoms with Crippen molar-refractivity contribution in [1.29, 1.82) is 0 Å². The highest BCUT2D eigenvalue weighted by atomic mass is 16.3. The first-order valence-corrected chi connectivity index (χ1v) is 11.8. The number of aromatic hydroxyl groups is 1. The molecule has 8 nitrogen and oxygen atoms in total. The number of fused-ring (bicyclic) bond motifs is 4. The maximum atomic E-state index is 13.4. The van der Waals surface area contributed by atoms with Crippen molar-refractivity contribution in [3.05, 3.63) is 76.4 Å². The summed E-state index contributed by atoms with van der Waals surface area (Å²) in [5.74, 6) is -4.51. The molecule has 36 heavy (non-hydrogen) atoms. The number of carbonyl (C=O) groups is 5. The van der Waals surface area contributed by atoms with Gasteiger partial charge in [0.25, 0.3) is 0 Å². The van der Waals surface area contributed by atoms with E-state index in [-0.39, 0.29) is 30.2 Å². The summed E-state index contributed by atoms with van der Waals surface area (Å²) in [7, 11) is 0. The number of primary amides is 1. The van der Waals surface area contributed by atoms with Crippen LogP contribution in [0.25, 0.3) is 10.8 Å². The number of Topliss-reactive ketones (excluding diaryl/α,β-unsaturated/α-hetero) is 1. The van der Waals surface area contributed by atoms with E-state index in [1.54, 1.807) is 31.2 Å². The quantitative estimate of drug-likeness (QED) is 0.364. The fourth-order valence-electron chi connectivity index (χ4n) is 6.51. The predicted octanol–water partition coefficient (Wildman–Crippen LogP) is 3.05. The van der Waals surface area contributed by atoms with Crippen LogP contribution in [-0.4, -0.2) is 39.4 Å². The molecular weight excluding hydrogens is 460 g/mol. The molecule has 0 spiro atoms. The smallest absolute Gasteiger partial charge is 0.328 e. The number of hydrogen-bond donors (Lipinski definition) is 2. The summed E-state index contributed by atoms with van der Waals surface area (Å²) < 4.78 is 0. The number of allylic oxidation sites excluding steroid dienone is 6. The van der Waals surface area contributed by atoms with Crippen LogP contribution in [0.4, 0.5) is 4.79 Å². The topological polar surface area (TPSA) is 135 Å². The highest BCUT2D eigenvalue weighted by Gasteiger charge is 2.57. The lowest BCUT2D eigenvalue weighted by atomic mass is 9.59. The number of ketones is 2. The lowest BCUT2D eigenvalue weighted by molar-refractivity contribution is -0.136. The molecule has 1 heterocycles. The minimum Gasteiger partial charge on any atom is -0.507 e. The van der Waals surface area contributed by atoms with Gasteiger partial charge in [0, 0.05) is 28.0 Å². The van der Waals surface area contributed by atoms with Gasteiger partial charge >= 0.3 is 6.03 Å². The number of carbonyl (C=O) groups excluding carboxylic acids is 5. The van der Waals surface area contributed by atoms with E-state index in [0.29, 0.717) is 27.0 Å². The zero-order chi connectivity index (χ0) is 25.5. The number of urea groups is 1. The normalized spacial score (nSPS) is 27.5. The number of phenols is 1. The van der Waals surface area contributed by atoms with Gasteiger partial charge in [0.15, 0.2) is 11.6 Å². The third-order valence-corrected chi connectivity index (χ3v) is 8.03. The zero-order valence-electron chi connectivity index (χ0n) is 19.4. The van der Waals surface area contributed by atoms with Crippen molar-refractivity contribution in [2.45, 2.75) is 25.7 Å². The number of hydrogen-bond acceptors (Lipinski definition) is 6. The second-order valence-electron chi connectivity index (χ2n) is 9.80. The summed E-state index contributed by atoms with van der Waals surface area (Å²) >= 11 is 0. The second-order valence-corrected chi connectivity index (χ2v) is 9.80. The number of imide groups is 3. The summed E-state index contributed by atoms with van der Waals surface area (Å²) in [6.07, 6.45) is 3.57. The average Bonchev–Trinajstić information content (AvgIpc) is 3.12. The van der Waals surface area contributed by atoms with Crippen LogP contribution < -0.4 is 5.73 Å². The lowest BCUT2D eigenvalue weighted by Gasteiger charge is -2.42. The Morgan fingerprint density at radius 2 is 1.72 bits per heavy atom. The molecule has 180 valence electrons. The molecule has 1 saturated heterocycles. The molecule has 6 rings (SSSR count). The van der Waals surface area contributed by atoms with E-state index in [2.05, 4.69) is 0 Å². The van der Waals surface area contributed by atoms with Crippen LogP contribution in [0.3, 0.4) is 0 Å². The molecule has 4 atom stereocenters. The van der Waals surface area contributed by atoms with Gasteiger partial charge in [0.1, 0.15) is 5.75 Å². The fraction of sp³-hybridized carbons (Fsp3) is 0.250. The Bertz CT molecular complexity index is 1540. The number of nitrogens with zero attached hydrogens (tertiary/aromatic N) is 1. The van der Waals surface area contributed by atoms with Crippen molar-refractivity contribution in [3.8, 4) is 5.75 Å². The minimum absolute atomic E-state index is 0.0871. The van der Waals surface area contributed by atoms with Gasteiger partial charge in [-0.3, -0.25) is 19.2 Å². The SMILES string of the molecule is CC1=CC(=O)C2=C(CC3C(=CCC4C(=O)N(C(N)=O)C(=O)C43)C2c2ccc(O)c3ccccc23)C1=O. The van der Waals surface area contributed by atoms with Crippen molar-refractivity contribution in [2.75, 3.05) is 0 Å². The molecule has 0 bridgehead atoms. The van der Waals surface area contributed by atoms with Crippen LogP contribution >= 0.6 is 0 Å². The highest BCUT2D eigenvalue weighted by Crippen LogP contribution is 2.56. The van der Waals surface area contributed by atoms with Gasteiger partial charge in [0.05, 0.1) is 11.8 Å². The molecule has 3 aliphatic carbocycles. The van der Waals surface area contributed by atoms with E-state index in [4.69, 9.17) is 5.73 Å². The monoisotopic (exact) mass is 482 g/mol. The number of benzene rings is 2. The second kappa shape index (κ2) is 7.58. The number of amides is 4. The van der Waals surface area contributed by atoms with Crippen molar-refractivity contribution >= 4 is 40.2 Å². The Morgan fingerprint density at radius 3 is 2.44 bits per heavy atom. The Balaban J connectivity index is 1.60. The van der Waals surface area contributed by atoms with Gasteiger partial charge < -0.3 is 10.8 Å². The molecule has 1 fully saturated rings. The van der Waals surface area contributed by atoms with Gasteiger partial charge in [-0.05, 0) is 48.8 Å². The van der Waals surface area contributed by atoms with E-state index in [1.807, 2.05) is 18.2 Å². The van der Waals surface area contributed by atoms with Gasteiger partial charge in [-0.25, -0.2) is 4.79 Å². The molecule has 0 saturated carbocycles. The number of nitrogens with two attached hydrogens (primary N) is 1. The van der Waals surface area contributed by atoms with Crippen LogP contribution in [-0.2, 0) is 19.2 Å². The van der Waals surface area contributed by atoms with Crippen LogP contribution in [0.2, 0.25) is 0 Å². The van der Waals surface area contributed by atoms with Gasteiger partial charge in [-0.1, -0.05) is 42.0 Å². The molecule has 1 aliphatic heterocycles. The molecule has 0 aromatic heterocycles. The first-order chi connectivity index (χ1) is 17.2. The van der Waals surface area contributed by atoms with Crippen LogP contribution in [0.5, 0.6) is 5.75 Å². The van der Waals surface area contributed by atoms with Crippen LogP contribution in [0.1, 0.15) is 31.2 Å². The summed E-state index contributed by atoms with van der Waals surface area (Å²) in [5.41, 5.74) is 7.87. The van der Waals surface area contributed by atoms with Crippen molar-refractivity contribution in [3.63, 3.8) is 0 Å². The first kappa shape index (κ1) is 22.2. The Hall–Kier alpha value is -4.33. The molecular formula is C28H22N2O6. The fourth-order valence-corrected chi connectivity index (χ4v) is 6.51. The van der Waals surface area contributed by atoms with Gasteiger partial charge in [-0.15, -0.1) is 0 Å². The van der Waals surface area contributed by atoms with E-state index < -0.39 is 41.5 Å². The average molecular weight is 482 g/mol. The van der Waals surface area contributed by atoms with E-state index >= 15 is 0 Å². The Kier molecular flexibility index (Phi) is 4.67. The summed E-state index contributed by atoms with van der Waals surface area (Å²) in [6.45, 7) is 1.59. The van der Waals surface area contributed by atoms with Crippen molar-refractivity contribution in [2.24, 2.45) is 23.5 Å². The molecule has 8 heteroatoms. The molecule has 2 aromatic rings. The summed E-state index contributed by atoms with van der Waals surface area (Å²) in [4.78, 5) is 65.3. The highest BCUT2D eigenvalue weighted by molar-refractivity contribution is 6.24. The Labute approximate surface area is 205 Å². The standard InChI is InChI=1S/C28H22N2O6/c1-12-10-21(32)24-19(25(12)33)11-18-16(6-7-17-23(18)27(35)30(26(17)34)28(29)36)22(24)15-8-9-20(31)14-5-3-2-4-13(14)15/h2-6,8-10,17-18,22-23,31H,7,11H2,1H3,(H2,29,36). The van der Waals surface area contributed by atoms with Gasteiger partial charge in [-0.2, -0.15) is 4.90 Å². The van der Waals surface area contributed by atoms with Crippen LogP contribution in [0.15, 0.2) is 70.8 Å². The van der Waals surface area contributed by atoms with Gasteiger partial charge in [0.2, 0.25) is 11.8 Å². The molecule has 2 aromatic carbocycles. The molecule has 3 N–H and O–H groups in total. The maximum absolute atomic E-state index is 13.4. The largest absolute Gasteiger partial charge is 0.507 e. The van der Waals surface area contributed by atoms with Crippen molar-refractivity contribution < 1.29 is 29.1 Å². The Morgan fingerprint density at radius 1 is 1.00 bits per heavy atom. The number of phenolic OH excluding ortho intramolecular Hbond substituents is 1. The lowest BCUT2D eigenvalue weighted by Crippen LogP contribution is -2.42. The molecule has 4 amide bonds. The van der Waals surface area contributed by atoms with E-state index in [9.17, 15) is 29.1 Å². The summed E-state index contributed by atoms with van der Waals surface area (Å²) in [5, 5.41) is 11.8. The first-order valence-electron chi connectivity index (χ1n) is 11.8. The van der Waals surface area contributed by atoms with Crippen LogP contribution in [0, 0.1) is 17.8 Å². The maximum Gasteiger partial charge on any atom is 0.328 e. The third-order valence-electron chi connectivity index (χ3n) is 8.03.